The molecule has 0 aliphatic carbocycles. The molecule has 3 aromatic heterocycles. The first kappa shape index (κ1) is 34.6. The topological polar surface area (TPSA) is 112 Å². The summed E-state index contributed by atoms with van der Waals surface area (Å²) >= 11 is 0. The van der Waals surface area contributed by atoms with E-state index < -0.39 is 23.5 Å². The van der Waals surface area contributed by atoms with Crippen molar-refractivity contribution in [2.45, 2.75) is 12.6 Å². The molecule has 0 saturated carbocycles. The summed E-state index contributed by atoms with van der Waals surface area (Å²) in [5.74, 6) is -0.195. The molecule has 4 heterocycles. The third-order valence-corrected chi connectivity index (χ3v) is 8.48. The molecule has 7 rings (SSSR count). The van der Waals surface area contributed by atoms with Crippen LogP contribution in [0, 0.1) is 5.82 Å². The fraction of sp³-hybridized carbons (Fsp3) is 0.243. The molecular formula is C37H32F4N6O5. The number of methoxy groups -OCH3 is 1. The Bertz CT molecular complexity index is 2220. The maximum atomic E-state index is 15.4. The third-order valence-electron chi connectivity index (χ3n) is 8.48. The summed E-state index contributed by atoms with van der Waals surface area (Å²) in [5.41, 5.74) is 0.836. The molecule has 0 spiro atoms. The average molecular weight is 717 g/mol. The van der Waals surface area contributed by atoms with Crippen molar-refractivity contribution >= 4 is 28.1 Å². The number of benzene rings is 3. The summed E-state index contributed by atoms with van der Waals surface area (Å²) in [6.45, 7) is 4.67. The molecule has 6 aromatic rings. The Morgan fingerprint density at radius 1 is 0.923 bits per heavy atom. The van der Waals surface area contributed by atoms with E-state index in [4.69, 9.17) is 18.9 Å². The third kappa shape index (κ3) is 7.60. The highest BCUT2D eigenvalue weighted by atomic mass is 19.4. The number of rotatable bonds is 11. The van der Waals surface area contributed by atoms with Crippen LogP contribution in [0.25, 0.3) is 27.8 Å². The number of carbonyl (C=O) groups is 1. The number of ether oxygens (including phenoxy) is 4. The summed E-state index contributed by atoms with van der Waals surface area (Å²) in [6, 6.07) is 16.5. The summed E-state index contributed by atoms with van der Waals surface area (Å²) in [5, 5.41) is 7.38. The average Bonchev–Trinajstić information content (AvgIpc) is 3.63. The Balaban J connectivity index is 1.05. The van der Waals surface area contributed by atoms with E-state index in [1.54, 1.807) is 30.5 Å². The number of pyridine rings is 1. The van der Waals surface area contributed by atoms with Crippen LogP contribution in [0.4, 0.5) is 23.2 Å². The zero-order valence-corrected chi connectivity index (χ0v) is 27.8. The van der Waals surface area contributed by atoms with Crippen molar-refractivity contribution < 1.29 is 41.3 Å². The maximum absolute atomic E-state index is 15.4. The fourth-order valence-electron chi connectivity index (χ4n) is 5.82. The summed E-state index contributed by atoms with van der Waals surface area (Å²) in [7, 11) is 1.53. The van der Waals surface area contributed by atoms with Gasteiger partial charge in [-0.2, -0.15) is 18.3 Å². The van der Waals surface area contributed by atoms with Crippen LogP contribution in [-0.4, -0.2) is 77.0 Å². The monoisotopic (exact) mass is 716 g/mol. The van der Waals surface area contributed by atoms with Crippen molar-refractivity contribution in [2.24, 2.45) is 0 Å². The van der Waals surface area contributed by atoms with Crippen molar-refractivity contribution in [1.82, 2.24) is 24.5 Å². The van der Waals surface area contributed by atoms with Gasteiger partial charge in [0, 0.05) is 60.7 Å². The molecule has 1 fully saturated rings. The van der Waals surface area contributed by atoms with Gasteiger partial charge in [0.1, 0.15) is 11.4 Å². The van der Waals surface area contributed by atoms with E-state index in [-0.39, 0.29) is 17.1 Å². The number of nitrogens with zero attached hydrogens (tertiary/aromatic N) is 5. The first-order chi connectivity index (χ1) is 25.2. The zero-order valence-electron chi connectivity index (χ0n) is 27.8. The van der Waals surface area contributed by atoms with Crippen molar-refractivity contribution in [3.8, 4) is 34.3 Å². The number of aromatic nitrogens is 4. The van der Waals surface area contributed by atoms with E-state index in [1.165, 1.54) is 48.2 Å². The summed E-state index contributed by atoms with van der Waals surface area (Å²) < 4.78 is 79.2. The van der Waals surface area contributed by atoms with Gasteiger partial charge in [-0.25, -0.2) is 13.9 Å². The minimum atomic E-state index is -4.50. The Morgan fingerprint density at radius 3 is 2.48 bits per heavy atom. The lowest BCUT2D eigenvalue weighted by Crippen LogP contribution is -2.37. The lowest BCUT2D eigenvalue weighted by Gasteiger charge is -2.26. The number of morpholine rings is 1. The molecule has 52 heavy (non-hydrogen) atoms. The smallest absolute Gasteiger partial charge is 0.416 e. The predicted molar refractivity (Wildman–Crippen MR) is 184 cm³/mol. The van der Waals surface area contributed by atoms with Crippen LogP contribution in [0.15, 0.2) is 85.2 Å². The molecule has 11 nitrogen and oxygen atoms in total. The summed E-state index contributed by atoms with van der Waals surface area (Å²) in [4.78, 5) is 24.4. The van der Waals surface area contributed by atoms with Crippen LogP contribution < -0.4 is 19.5 Å². The van der Waals surface area contributed by atoms with Crippen molar-refractivity contribution in [3.05, 3.63) is 102 Å². The number of alkyl halides is 3. The molecule has 1 aliphatic heterocycles. The van der Waals surface area contributed by atoms with E-state index >= 15 is 4.39 Å². The van der Waals surface area contributed by atoms with Crippen LogP contribution in [0.3, 0.4) is 0 Å². The molecule has 1 N–H and O–H groups in total. The number of anilines is 1. The number of nitrogens with one attached hydrogen (secondary N) is 1. The van der Waals surface area contributed by atoms with Crippen LogP contribution in [0.2, 0.25) is 0 Å². The van der Waals surface area contributed by atoms with E-state index in [1.807, 2.05) is 0 Å². The highest BCUT2D eigenvalue weighted by molar-refractivity contribution is 6.03. The molecule has 0 unspecified atom stereocenters. The Hall–Kier alpha value is -5.80. The number of amides is 1. The Kier molecular flexibility index (Phi) is 9.87. The predicted octanol–water partition coefficient (Wildman–Crippen LogP) is 7.26. The van der Waals surface area contributed by atoms with E-state index in [0.717, 1.165) is 57.5 Å². The largest absolute Gasteiger partial charge is 0.493 e. The molecule has 3 aromatic carbocycles. The number of fused-ring (bicyclic) bond motifs is 2. The van der Waals surface area contributed by atoms with Gasteiger partial charge in [-0.15, -0.1) is 0 Å². The lowest BCUT2D eigenvalue weighted by atomic mass is 10.1. The number of halogens is 4. The van der Waals surface area contributed by atoms with Gasteiger partial charge in [0.05, 0.1) is 49.9 Å². The molecule has 0 radical (unpaired) electrons. The van der Waals surface area contributed by atoms with Crippen LogP contribution in [0.1, 0.15) is 22.5 Å². The highest BCUT2D eigenvalue weighted by Gasteiger charge is 2.30. The molecular weight excluding hydrogens is 684 g/mol. The molecule has 268 valence electrons. The minimum Gasteiger partial charge on any atom is -0.493 e. The zero-order chi connectivity index (χ0) is 36.2. The second-order valence-electron chi connectivity index (χ2n) is 11.9. The second kappa shape index (κ2) is 14.8. The van der Waals surface area contributed by atoms with Crippen molar-refractivity contribution in [1.29, 1.82) is 0 Å². The van der Waals surface area contributed by atoms with Gasteiger partial charge in [-0.05, 0) is 48.9 Å². The van der Waals surface area contributed by atoms with Gasteiger partial charge < -0.3 is 24.3 Å². The van der Waals surface area contributed by atoms with Gasteiger partial charge >= 0.3 is 6.18 Å². The Morgan fingerprint density at radius 2 is 1.73 bits per heavy atom. The maximum Gasteiger partial charge on any atom is 0.416 e. The van der Waals surface area contributed by atoms with E-state index in [0.29, 0.717) is 51.7 Å². The van der Waals surface area contributed by atoms with E-state index in [9.17, 15) is 18.0 Å². The molecule has 0 atom stereocenters. The van der Waals surface area contributed by atoms with Crippen LogP contribution in [-0.2, 0) is 10.9 Å². The van der Waals surface area contributed by atoms with Crippen LogP contribution in [0.5, 0.6) is 23.0 Å². The number of hydrogen-bond acceptors (Lipinski definition) is 9. The van der Waals surface area contributed by atoms with Gasteiger partial charge in [-0.1, -0.05) is 12.1 Å². The standard InChI is InChI=1S/C37H32F4N6O5/c1-49-33-20-26-28(22-34(33)51-16-2-13-46-14-17-50-18-15-46)42-11-9-31(26)52-32-8-7-25(19-27(32)38)44-36(48)29-21-30(47-35(45-29)10-12-43-47)23-3-5-24(6-4-23)37(39,40)41/h3-12,19-22H,2,13-18H2,1H3,(H,44,48). The van der Waals surface area contributed by atoms with Gasteiger partial charge in [0.2, 0.25) is 0 Å². The second-order valence-corrected chi connectivity index (χ2v) is 11.9. The van der Waals surface area contributed by atoms with Gasteiger partial charge in [-0.3, -0.25) is 14.7 Å². The molecule has 1 aliphatic rings. The molecule has 1 saturated heterocycles. The quantitative estimate of drug-likeness (QED) is 0.109. The van der Waals surface area contributed by atoms with Crippen molar-refractivity contribution in [2.75, 3.05) is 51.9 Å². The van der Waals surface area contributed by atoms with Crippen LogP contribution >= 0.6 is 0 Å². The number of carbonyl (C=O) groups excluding carboxylic acids is 1. The normalized spacial score (nSPS) is 13.7. The SMILES string of the molecule is COc1cc2c(Oc3ccc(NC(=O)c4cc(-c5ccc(C(F)(F)F)cc5)n5nccc5n4)cc3F)ccnc2cc1OCCCN1CCOCC1. The minimum absolute atomic E-state index is 0.0544. The Labute approximate surface area is 294 Å². The van der Waals surface area contributed by atoms with Crippen molar-refractivity contribution in [3.63, 3.8) is 0 Å². The fourth-order valence-corrected chi connectivity index (χ4v) is 5.82. The number of hydrogen-bond donors (Lipinski definition) is 1. The van der Waals surface area contributed by atoms with Gasteiger partial charge in [0.25, 0.3) is 5.91 Å². The molecule has 15 heteroatoms. The van der Waals surface area contributed by atoms with E-state index in [2.05, 4.69) is 25.3 Å². The summed E-state index contributed by atoms with van der Waals surface area (Å²) in [6.07, 6.45) is -0.674. The highest BCUT2D eigenvalue weighted by Crippen LogP contribution is 2.38. The lowest BCUT2D eigenvalue weighted by molar-refractivity contribution is -0.137. The molecule has 0 bridgehead atoms. The molecule has 1 amide bonds. The van der Waals surface area contributed by atoms with Gasteiger partial charge in [0.15, 0.2) is 28.7 Å². The first-order valence-corrected chi connectivity index (χ1v) is 16.4. The first-order valence-electron chi connectivity index (χ1n) is 16.4.